The van der Waals surface area contributed by atoms with Crippen molar-refractivity contribution in [3.63, 3.8) is 0 Å². The van der Waals surface area contributed by atoms with Gasteiger partial charge in [-0.15, -0.1) is 0 Å². The lowest BCUT2D eigenvalue weighted by Crippen LogP contribution is -2.70. The highest BCUT2D eigenvalue weighted by Crippen LogP contribution is 2.48. The number of aliphatic hydroxyl groups is 1. The SMILES string of the molecule is CCCC1(OC)C(C(O)CC)CCC[Si]1(OC)OC. The van der Waals surface area contributed by atoms with E-state index in [4.69, 9.17) is 13.6 Å². The van der Waals surface area contributed by atoms with Gasteiger partial charge in [0.2, 0.25) is 0 Å². The first kappa shape index (κ1) is 17.1. The fraction of sp³-hybridized carbons (Fsp3) is 1.00. The Balaban J connectivity index is 3.23. The molecule has 0 amide bonds. The van der Waals surface area contributed by atoms with Crippen LogP contribution in [0.1, 0.15) is 46.0 Å². The first-order valence-corrected chi connectivity index (χ1v) is 9.43. The Morgan fingerprint density at radius 1 is 1.26 bits per heavy atom. The molecule has 5 heteroatoms. The number of methoxy groups -OCH3 is 1. The second-order valence-corrected chi connectivity index (χ2v) is 9.15. The van der Waals surface area contributed by atoms with Gasteiger partial charge in [0.25, 0.3) is 0 Å². The minimum Gasteiger partial charge on any atom is -0.396 e. The standard InChI is InChI=1S/C14H30O4Si/c1-6-10-14(16-3)12(13(15)7-2)9-8-11-19(14,17-4)18-5/h12-13,15H,6-11H2,1-5H3. The van der Waals surface area contributed by atoms with Crippen LogP contribution in [0.5, 0.6) is 0 Å². The highest BCUT2D eigenvalue weighted by atomic mass is 28.4. The molecule has 0 bridgehead atoms. The summed E-state index contributed by atoms with van der Waals surface area (Å²) in [4.78, 5) is 0. The molecule has 1 aliphatic rings. The Kier molecular flexibility index (Phi) is 6.46. The van der Waals surface area contributed by atoms with Crippen molar-refractivity contribution >= 4 is 8.56 Å². The lowest BCUT2D eigenvalue weighted by molar-refractivity contribution is -0.0933. The largest absolute Gasteiger partial charge is 0.396 e. The van der Waals surface area contributed by atoms with Crippen molar-refractivity contribution in [1.29, 1.82) is 0 Å². The summed E-state index contributed by atoms with van der Waals surface area (Å²) in [5.41, 5.74) is 0. The van der Waals surface area contributed by atoms with Gasteiger partial charge in [-0.3, -0.25) is 0 Å². The maximum atomic E-state index is 10.4. The van der Waals surface area contributed by atoms with Crippen LogP contribution in [0.3, 0.4) is 0 Å². The molecule has 1 fully saturated rings. The van der Waals surface area contributed by atoms with Crippen LogP contribution < -0.4 is 0 Å². The minimum absolute atomic E-state index is 0.114. The van der Waals surface area contributed by atoms with Crippen molar-refractivity contribution < 1.29 is 18.7 Å². The second-order valence-electron chi connectivity index (χ2n) is 5.48. The number of hydrogen-bond acceptors (Lipinski definition) is 4. The molecular formula is C14H30O4Si. The quantitative estimate of drug-likeness (QED) is 0.732. The molecule has 0 radical (unpaired) electrons. The molecule has 1 rings (SSSR count). The van der Waals surface area contributed by atoms with Gasteiger partial charge >= 0.3 is 8.56 Å². The Labute approximate surface area is 118 Å². The Morgan fingerprint density at radius 2 is 1.89 bits per heavy atom. The molecule has 4 nitrogen and oxygen atoms in total. The number of aliphatic hydroxyl groups excluding tert-OH is 1. The predicted octanol–water partition coefficient (Wildman–Crippen LogP) is 2.63. The number of ether oxygens (including phenoxy) is 1. The third kappa shape index (κ3) is 2.76. The van der Waals surface area contributed by atoms with Crippen LogP contribution in [0.4, 0.5) is 0 Å². The van der Waals surface area contributed by atoms with Crippen molar-refractivity contribution in [3.8, 4) is 0 Å². The highest BCUT2D eigenvalue weighted by Gasteiger charge is 2.63. The first-order valence-electron chi connectivity index (χ1n) is 7.41. The first-order chi connectivity index (χ1) is 9.07. The van der Waals surface area contributed by atoms with Crippen LogP contribution in [-0.4, -0.2) is 46.3 Å². The molecule has 3 unspecified atom stereocenters. The molecule has 0 aromatic rings. The van der Waals surface area contributed by atoms with E-state index in [1.54, 1.807) is 21.3 Å². The van der Waals surface area contributed by atoms with Crippen molar-refractivity contribution in [2.45, 2.75) is 63.3 Å². The molecule has 114 valence electrons. The van der Waals surface area contributed by atoms with E-state index in [1.165, 1.54) is 0 Å². The Morgan fingerprint density at radius 3 is 2.32 bits per heavy atom. The van der Waals surface area contributed by atoms with E-state index in [2.05, 4.69) is 6.92 Å². The summed E-state index contributed by atoms with van der Waals surface area (Å²) in [6.07, 6.45) is 4.33. The average molecular weight is 290 g/mol. The van der Waals surface area contributed by atoms with Crippen LogP contribution in [0, 0.1) is 5.92 Å². The topological polar surface area (TPSA) is 47.9 Å². The van der Waals surface area contributed by atoms with Crippen molar-refractivity contribution in [3.05, 3.63) is 0 Å². The van der Waals surface area contributed by atoms with Gasteiger partial charge in [-0.05, 0) is 25.3 Å². The van der Waals surface area contributed by atoms with Crippen molar-refractivity contribution in [2.24, 2.45) is 5.92 Å². The van der Waals surface area contributed by atoms with Gasteiger partial charge in [-0.25, -0.2) is 0 Å². The lowest BCUT2D eigenvalue weighted by Gasteiger charge is -2.53. The van der Waals surface area contributed by atoms with Gasteiger partial charge in [0.05, 0.1) is 6.10 Å². The number of hydrogen-bond donors (Lipinski definition) is 1. The summed E-state index contributed by atoms with van der Waals surface area (Å²) in [7, 11) is 2.76. The number of rotatable bonds is 7. The van der Waals surface area contributed by atoms with E-state index in [0.717, 1.165) is 38.1 Å². The highest BCUT2D eigenvalue weighted by molar-refractivity contribution is 6.70. The van der Waals surface area contributed by atoms with Gasteiger partial charge < -0.3 is 18.7 Å². The fourth-order valence-electron chi connectivity index (χ4n) is 3.86. The van der Waals surface area contributed by atoms with Crippen molar-refractivity contribution in [2.75, 3.05) is 21.3 Å². The van der Waals surface area contributed by atoms with Crippen LogP contribution in [0.25, 0.3) is 0 Å². The molecule has 0 aliphatic carbocycles. The third-order valence-corrected chi connectivity index (χ3v) is 9.24. The molecule has 0 saturated carbocycles. The molecule has 1 heterocycles. The summed E-state index contributed by atoms with van der Waals surface area (Å²) in [6, 6.07) is 0.945. The van der Waals surface area contributed by atoms with Crippen LogP contribution in [0.2, 0.25) is 6.04 Å². The Bertz CT molecular complexity index is 270. The van der Waals surface area contributed by atoms with E-state index in [-0.39, 0.29) is 12.0 Å². The average Bonchev–Trinajstić information content (AvgIpc) is 2.46. The molecule has 1 aliphatic heterocycles. The minimum atomic E-state index is -2.46. The summed E-state index contributed by atoms with van der Waals surface area (Å²) in [6.45, 7) is 4.17. The van der Waals surface area contributed by atoms with E-state index in [0.29, 0.717) is 0 Å². The van der Waals surface area contributed by atoms with E-state index in [9.17, 15) is 5.11 Å². The van der Waals surface area contributed by atoms with E-state index in [1.807, 2.05) is 6.92 Å². The fourth-order valence-corrected chi connectivity index (χ4v) is 8.06. The monoisotopic (exact) mass is 290 g/mol. The molecule has 0 aromatic carbocycles. The smallest absolute Gasteiger partial charge is 0.371 e. The van der Waals surface area contributed by atoms with Crippen LogP contribution >= 0.6 is 0 Å². The molecule has 0 aromatic heterocycles. The zero-order valence-corrected chi connectivity index (χ0v) is 14.1. The molecular weight excluding hydrogens is 260 g/mol. The maximum absolute atomic E-state index is 10.4. The molecule has 1 N–H and O–H groups in total. The van der Waals surface area contributed by atoms with Crippen LogP contribution in [-0.2, 0) is 13.6 Å². The molecule has 1 saturated heterocycles. The van der Waals surface area contributed by atoms with Gasteiger partial charge in [0.1, 0.15) is 5.22 Å². The molecule has 0 spiro atoms. The molecule has 19 heavy (non-hydrogen) atoms. The van der Waals surface area contributed by atoms with Gasteiger partial charge in [-0.2, -0.15) is 0 Å². The zero-order chi connectivity index (χ0) is 14.5. The Hall–Kier alpha value is 0.0569. The van der Waals surface area contributed by atoms with Gasteiger partial charge in [0.15, 0.2) is 0 Å². The van der Waals surface area contributed by atoms with Gasteiger partial charge in [-0.1, -0.05) is 26.7 Å². The maximum Gasteiger partial charge on any atom is 0.371 e. The summed E-state index contributed by atoms with van der Waals surface area (Å²) >= 11 is 0. The third-order valence-electron chi connectivity index (χ3n) is 4.79. The summed E-state index contributed by atoms with van der Waals surface area (Å²) in [5, 5.41) is 10.00. The zero-order valence-electron chi connectivity index (χ0n) is 13.1. The summed E-state index contributed by atoms with van der Waals surface area (Å²) < 4.78 is 17.8. The second kappa shape index (κ2) is 7.18. The van der Waals surface area contributed by atoms with Gasteiger partial charge in [0, 0.05) is 27.2 Å². The van der Waals surface area contributed by atoms with Crippen LogP contribution in [0.15, 0.2) is 0 Å². The van der Waals surface area contributed by atoms with E-state index < -0.39 is 13.8 Å². The normalized spacial score (nSPS) is 32.2. The summed E-state index contributed by atoms with van der Waals surface area (Å²) in [5.74, 6) is 0.114. The van der Waals surface area contributed by atoms with Crippen molar-refractivity contribution in [1.82, 2.24) is 0 Å². The lowest BCUT2D eigenvalue weighted by atomic mass is 9.86. The molecule has 3 atom stereocenters. The predicted molar refractivity (Wildman–Crippen MR) is 78.2 cm³/mol. The van der Waals surface area contributed by atoms with E-state index >= 15 is 0 Å².